The van der Waals surface area contributed by atoms with Crippen LogP contribution in [0.4, 0.5) is 0 Å². The Kier molecular flexibility index (Phi) is 7.34. The molecule has 2 aliphatic rings. The van der Waals surface area contributed by atoms with Crippen LogP contribution >= 0.6 is 12.2 Å². The first-order valence-electron chi connectivity index (χ1n) is 10.1. The summed E-state index contributed by atoms with van der Waals surface area (Å²) in [6.07, 6.45) is 6.93. The van der Waals surface area contributed by atoms with Crippen molar-refractivity contribution in [3.05, 3.63) is 24.0 Å². The average Bonchev–Trinajstić information content (AvgIpc) is 2.98. The topological polar surface area (TPSA) is 32.7 Å². The monoisotopic (exact) mass is 378 g/mol. The molecule has 3 heterocycles. The highest BCUT2D eigenvalue weighted by Crippen LogP contribution is 2.32. The van der Waals surface area contributed by atoms with Crippen molar-refractivity contribution in [2.75, 3.05) is 45.9 Å². The Balaban J connectivity index is 1.53. The third kappa shape index (κ3) is 5.21. The maximum Gasteiger partial charge on any atom is 0.169 e. The van der Waals surface area contributed by atoms with Crippen LogP contribution in [0.3, 0.4) is 0 Å². The summed E-state index contributed by atoms with van der Waals surface area (Å²) in [7, 11) is 2.14. The fraction of sp³-hybridized carbons (Fsp3) is 0.750. The van der Waals surface area contributed by atoms with E-state index in [9.17, 15) is 0 Å². The van der Waals surface area contributed by atoms with Crippen molar-refractivity contribution < 1.29 is 4.74 Å². The summed E-state index contributed by atoms with van der Waals surface area (Å²) < 4.78 is 7.66. The number of aromatic nitrogens is 1. The van der Waals surface area contributed by atoms with Gasteiger partial charge in [-0.25, -0.2) is 0 Å². The molecule has 0 aromatic carbocycles. The van der Waals surface area contributed by atoms with Gasteiger partial charge in [-0.2, -0.15) is 0 Å². The zero-order chi connectivity index (χ0) is 18.4. The largest absolute Gasteiger partial charge is 0.379 e. The van der Waals surface area contributed by atoms with Gasteiger partial charge in [0.15, 0.2) is 5.11 Å². The minimum absolute atomic E-state index is 0.388. The first kappa shape index (κ1) is 19.6. The van der Waals surface area contributed by atoms with Crippen molar-refractivity contribution in [2.45, 2.75) is 38.6 Å². The normalized spacial score (nSPS) is 25.1. The van der Waals surface area contributed by atoms with Gasteiger partial charge >= 0.3 is 0 Å². The lowest BCUT2D eigenvalue weighted by molar-refractivity contribution is 0.0375. The van der Waals surface area contributed by atoms with Gasteiger partial charge in [-0.05, 0) is 62.5 Å². The summed E-state index contributed by atoms with van der Waals surface area (Å²) in [5.74, 6) is 0.770. The van der Waals surface area contributed by atoms with E-state index < -0.39 is 0 Å². The number of likely N-dealkylation sites (tertiary alicyclic amines) is 1. The molecular weight excluding hydrogens is 344 g/mol. The molecule has 0 spiro atoms. The lowest BCUT2D eigenvalue weighted by Crippen LogP contribution is -2.43. The molecule has 0 bridgehead atoms. The molecule has 5 nitrogen and oxygen atoms in total. The summed E-state index contributed by atoms with van der Waals surface area (Å²) in [6, 6.07) is 4.77. The summed E-state index contributed by atoms with van der Waals surface area (Å²) in [6.45, 7) is 9.34. The van der Waals surface area contributed by atoms with Crippen LogP contribution in [0.15, 0.2) is 18.3 Å². The quantitative estimate of drug-likeness (QED) is 0.629. The van der Waals surface area contributed by atoms with Gasteiger partial charge < -0.3 is 19.5 Å². The second-order valence-corrected chi connectivity index (χ2v) is 8.15. The van der Waals surface area contributed by atoms with E-state index in [1.54, 1.807) is 0 Å². The van der Waals surface area contributed by atoms with E-state index in [1.165, 1.54) is 25.0 Å². The van der Waals surface area contributed by atoms with Gasteiger partial charge in [-0.1, -0.05) is 6.92 Å². The number of ether oxygens (including phenoxy) is 1. The maximum absolute atomic E-state index is 5.81. The second-order valence-electron chi connectivity index (χ2n) is 7.76. The molecule has 0 amide bonds. The Morgan fingerprint density at radius 1 is 1.23 bits per heavy atom. The van der Waals surface area contributed by atoms with Crippen LogP contribution in [-0.2, 0) is 11.8 Å². The number of nitrogens with one attached hydrogen (secondary N) is 1. The lowest BCUT2D eigenvalue weighted by Gasteiger charge is -2.33. The number of aryl methyl sites for hydroxylation is 1. The van der Waals surface area contributed by atoms with Crippen LogP contribution in [0.5, 0.6) is 0 Å². The number of thiocarbonyl (C=S) groups is 1. The Morgan fingerprint density at radius 2 is 2.04 bits per heavy atom. The molecular formula is C20H34N4OS. The van der Waals surface area contributed by atoms with Crippen molar-refractivity contribution in [1.29, 1.82) is 0 Å². The highest BCUT2D eigenvalue weighted by Gasteiger charge is 2.28. The van der Waals surface area contributed by atoms with E-state index in [0.717, 1.165) is 63.4 Å². The van der Waals surface area contributed by atoms with Gasteiger partial charge in [0.05, 0.1) is 19.3 Å². The number of nitrogens with zero attached hydrogens (tertiary/aromatic N) is 3. The summed E-state index contributed by atoms with van der Waals surface area (Å²) >= 11 is 5.81. The van der Waals surface area contributed by atoms with Gasteiger partial charge in [0.2, 0.25) is 0 Å². The molecule has 0 unspecified atom stereocenters. The standard InChI is InChI=1S/C20H34N4OS/c1-17-6-7-19(18-5-3-10-22(18)2)24(12-8-17)20(26)21-9-4-11-23-13-15-25-16-14-23/h3,5,10,17,19H,4,6-9,11-16H2,1-2H3,(H,21,26)/t17-,19-/m1/s1. The molecule has 0 radical (unpaired) electrons. The third-order valence-electron chi connectivity index (χ3n) is 5.79. The molecule has 146 valence electrons. The molecule has 2 aliphatic heterocycles. The minimum atomic E-state index is 0.388. The van der Waals surface area contributed by atoms with Gasteiger partial charge in [0.25, 0.3) is 0 Å². The van der Waals surface area contributed by atoms with Crippen molar-refractivity contribution in [3.63, 3.8) is 0 Å². The molecule has 0 saturated carbocycles. The van der Waals surface area contributed by atoms with Gasteiger partial charge in [-0.3, -0.25) is 4.90 Å². The third-order valence-corrected chi connectivity index (χ3v) is 6.17. The molecule has 26 heavy (non-hydrogen) atoms. The molecule has 2 saturated heterocycles. The number of hydrogen-bond acceptors (Lipinski definition) is 3. The summed E-state index contributed by atoms with van der Waals surface area (Å²) in [5.41, 5.74) is 1.37. The van der Waals surface area contributed by atoms with Crippen LogP contribution in [0.25, 0.3) is 0 Å². The molecule has 1 aromatic rings. The van der Waals surface area contributed by atoms with Crippen LogP contribution in [0.2, 0.25) is 0 Å². The number of hydrogen-bond donors (Lipinski definition) is 1. The van der Waals surface area contributed by atoms with Crippen LogP contribution in [0, 0.1) is 5.92 Å². The van der Waals surface area contributed by atoms with Crippen molar-refractivity contribution in [1.82, 2.24) is 19.7 Å². The van der Waals surface area contributed by atoms with E-state index in [2.05, 4.69) is 52.0 Å². The van der Waals surface area contributed by atoms with Crippen LogP contribution in [-0.4, -0.2) is 65.4 Å². The van der Waals surface area contributed by atoms with Crippen molar-refractivity contribution in [3.8, 4) is 0 Å². The Labute approximate surface area is 163 Å². The van der Waals surface area contributed by atoms with Gasteiger partial charge in [0, 0.05) is 45.1 Å². The first-order valence-corrected chi connectivity index (χ1v) is 10.5. The van der Waals surface area contributed by atoms with Crippen LogP contribution < -0.4 is 5.32 Å². The summed E-state index contributed by atoms with van der Waals surface area (Å²) in [5, 5.41) is 4.46. The highest BCUT2D eigenvalue weighted by atomic mass is 32.1. The fourth-order valence-corrected chi connectivity index (χ4v) is 4.37. The molecule has 3 rings (SSSR count). The minimum Gasteiger partial charge on any atom is -0.379 e. The number of morpholine rings is 1. The summed E-state index contributed by atoms with van der Waals surface area (Å²) in [4.78, 5) is 4.91. The molecule has 2 atom stereocenters. The molecule has 0 aliphatic carbocycles. The first-order chi connectivity index (χ1) is 12.6. The highest BCUT2D eigenvalue weighted by molar-refractivity contribution is 7.80. The lowest BCUT2D eigenvalue weighted by atomic mass is 10.0. The Bertz CT molecular complexity index is 570. The van der Waals surface area contributed by atoms with Crippen molar-refractivity contribution >= 4 is 17.3 Å². The average molecular weight is 379 g/mol. The van der Waals surface area contributed by atoms with E-state index in [4.69, 9.17) is 17.0 Å². The molecule has 1 N–H and O–H groups in total. The van der Waals surface area contributed by atoms with E-state index in [-0.39, 0.29) is 0 Å². The maximum atomic E-state index is 5.81. The molecule has 2 fully saturated rings. The van der Waals surface area contributed by atoms with E-state index >= 15 is 0 Å². The Morgan fingerprint density at radius 3 is 2.77 bits per heavy atom. The van der Waals surface area contributed by atoms with Crippen LogP contribution in [0.1, 0.15) is 44.3 Å². The zero-order valence-electron chi connectivity index (χ0n) is 16.3. The van der Waals surface area contributed by atoms with Gasteiger partial charge in [0.1, 0.15) is 0 Å². The predicted molar refractivity (Wildman–Crippen MR) is 110 cm³/mol. The van der Waals surface area contributed by atoms with E-state index in [1.807, 2.05) is 0 Å². The second kappa shape index (κ2) is 9.72. The smallest absolute Gasteiger partial charge is 0.169 e. The fourth-order valence-electron chi connectivity index (χ4n) is 4.05. The predicted octanol–water partition coefficient (Wildman–Crippen LogP) is 2.79. The van der Waals surface area contributed by atoms with Crippen molar-refractivity contribution in [2.24, 2.45) is 13.0 Å². The molecule has 1 aromatic heterocycles. The molecule has 6 heteroatoms. The van der Waals surface area contributed by atoms with E-state index in [0.29, 0.717) is 6.04 Å². The Hall–Kier alpha value is -1.11. The number of rotatable bonds is 5. The zero-order valence-corrected chi connectivity index (χ0v) is 17.1. The van der Waals surface area contributed by atoms with Gasteiger partial charge in [-0.15, -0.1) is 0 Å². The SMILES string of the molecule is C[C@@H]1CC[C@H](c2cccn2C)N(C(=S)NCCCN2CCOCC2)CC1.